The van der Waals surface area contributed by atoms with Crippen molar-refractivity contribution >= 4 is 46.3 Å². The van der Waals surface area contributed by atoms with Gasteiger partial charge in [0.05, 0.1) is 19.7 Å². The average molecular weight is 413 g/mol. The van der Waals surface area contributed by atoms with Crippen LogP contribution in [0.15, 0.2) is 64.6 Å². The first-order chi connectivity index (χ1) is 13.6. The van der Waals surface area contributed by atoms with Gasteiger partial charge in [0, 0.05) is 15.5 Å². The largest absolute Gasteiger partial charge is 0.496 e. The number of hydrazone groups is 1. The summed E-state index contributed by atoms with van der Waals surface area (Å²) >= 11 is 7.78. The van der Waals surface area contributed by atoms with Crippen molar-refractivity contribution in [3.8, 4) is 5.75 Å². The highest BCUT2D eigenvalue weighted by molar-refractivity contribution is 7.99. The molecule has 28 heavy (non-hydrogen) atoms. The molecule has 0 aliphatic carbocycles. The minimum Gasteiger partial charge on any atom is -0.496 e. The van der Waals surface area contributed by atoms with Crippen LogP contribution in [0, 0.1) is 0 Å². The van der Waals surface area contributed by atoms with Crippen LogP contribution in [0.25, 0.3) is 10.8 Å². The van der Waals surface area contributed by atoms with Crippen molar-refractivity contribution in [2.24, 2.45) is 5.10 Å². The van der Waals surface area contributed by atoms with E-state index in [0.29, 0.717) is 10.8 Å². The highest BCUT2D eigenvalue weighted by atomic mass is 35.5. The summed E-state index contributed by atoms with van der Waals surface area (Å²) in [6, 6.07) is 17.5. The maximum Gasteiger partial charge on any atom is 0.244 e. The van der Waals surface area contributed by atoms with Gasteiger partial charge in [-0.25, -0.2) is 5.43 Å². The van der Waals surface area contributed by atoms with E-state index in [1.807, 2.05) is 54.6 Å². The fraction of sp³-hybridized carbons (Fsp3) is 0.182. The predicted molar refractivity (Wildman–Crippen MR) is 118 cm³/mol. The molecule has 0 radical (unpaired) electrons. The summed E-state index contributed by atoms with van der Waals surface area (Å²) in [7, 11) is 1.62. The zero-order valence-corrected chi connectivity index (χ0v) is 17.3. The van der Waals surface area contributed by atoms with Gasteiger partial charge in [0.25, 0.3) is 0 Å². The lowest BCUT2D eigenvalue weighted by Gasteiger charge is -2.09. The van der Waals surface area contributed by atoms with Crippen molar-refractivity contribution in [1.82, 2.24) is 5.43 Å². The first-order valence-corrected chi connectivity index (χ1v) is 10.3. The van der Waals surface area contributed by atoms with E-state index in [0.717, 1.165) is 32.5 Å². The van der Waals surface area contributed by atoms with Crippen LogP contribution in [0.4, 0.5) is 0 Å². The second-order valence-electron chi connectivity index (χ2n) is 6.06. The van der Waals surface area contributed by atoms with Crippen LogP contribution >= 0.6 is 23.4 Å². The number of methoxy groups -OCH3 is 1. The molecule has 144 valence electrons. The molecular formula is C22H21ClN2O2S. The Labute approximate surface area is 173 Å². The van der Waals surface area contributed by atoms with Gasteiger partial charge in [-0.2, -0.15) is 5.10 Å². The summed E-state index contributed by atoms with van der Waals surface area (Å²) in [5.74, 6) is 1.43. The Balaban J connectivity index is 1.76. The number of ether oxygens (including phenoxy) is 1. The molecule has 3 rings (SSSR count). The molecule has 4 nitrogen and oxygen atoms in total. The molecule has 0 unspecified atom stereocenters. The third-order valence-corrected chi connectivity index (χ3v) is 5.44. The van der Waals surface area contributed by atoms with Gasteiger partial charge < -0.3 is 4.74 Å². The van der Waals surface area contributed by atoms with E-state index in [2.05, 4.69) is 17.5 Å². The minimum atomic E-state index is -0.198. The molecule has 1 N–H and O–H groups in total. The van der Waals surface area contributed by atoms with Crippen molar-refractivity contribution in [3.63, 3.8) is 0 Å². The second-order valence-corrected chi connectivity index (χ2v) is 7.80. The van der Waals surface area contributed by atoms with Gasteiger partial charge in [-0.3, -0.25) is 4.79 Å². The summed E-state index contributed by atoms with van der Waals surface area (Å²) in [4.78, 5) is 13.4. The summed E-state index contributed by atoms with van der Waals surface area (Å²) in [5.41, 5.74) is 4.33. The van der Waals surface area contributed by atoms with Gasteiger partial charge in [-0.05, 0) is 46.4 Å². The average Bonchev–Trinajstić information content (AvgIpc) is 2.70. The zero-order chi connectivity index (χ0) is 19.9. The van der Waals surface area contributed by atoms with E-state index in [1.54, 1.807) is 25.1 Å². The number of rotatable bonds is 7. The lowest BCUT2D eigenvalue weighted by Crippen LogP contribution is -2.20. The summed E-state index contributed by atoms with van der Waals surface area (Å²) in [6.45, 7) is 2.07. The highest BCUT2D eigenvalue weighted by Crippen LogP contribution is 2.27. The van der Waals surface area contributed by atoms with Crippen LogP contribution in [-0.4, -0.2) is 25.0 Å². The molecule has 0 saturated heterocycles. The highest BCUT2D eigenvalue weighted by Gasteiger charge is 2.10. The number of carbonyl (C=O) groups excluding carboxylic acids is 1. The van der Waals surface area contributed by atoms with Crippen molar-refractivity contribution in [1.29, 1.82) is 0 Å². The third-order valence-electron chi connectivity index (χ3n) is 4.21. The van der Waals surface area contributed by atoms with E-state index in [9.17, 15) is 4.79 Å². The monoisotopic (exact) mass is 412 g/mol. The quantitative estimate of drug-likeness (QED) is 0.325. The van der Waals surface area contributed by atoms with Crippen molar-refractivity contribution in [2.45, 2.75) is 18.2 Å². The third kappa shape index (κ3) is 4.86. The molecule has 0 aliphatic rings. The van der Waals surface area contributed by atoms with Crippen LogP contribution in [0.5, 0.6) is 5.75 Å². The molecule has 0 atom stereocenters. The van der Waals surface area contributed by atoms with Crippen LogP contribution in [-0.2, 0) is 11.2 Å². The molecule has 0 saturated carbocycles. The topological polar surface area (TPSA) is 50.7 Å². The van der Waals surface area contributed by atoms with Crippen LogP contribution in [0.3, 0.4) is 0 Å². The summed E-state index contributed by atoms with van der Waals surface area (Å²) in [5, 5.41) is 6.86. The maximum atomic E-state index is 12.4. The zero-order valence-electron chi connectivity index (χ0n) is 15.7. The Bertz CT molecular complexity index is 1020. The SMILES string of the molecule is CCSc1ccc(Cl)cc1CC(=O)N/N=C\c1c(OC)ccc2ccccc12. The van der Waals surface area contributed by atoms with Gasteiger partial charge in [0.15, 0.2) is 0 Å². The van der Waals surface area contributed by atoms with Crippen molar-refractivity contribution in [3.05, 3.63) is 70.7 Å². The Morgan fingerprint density at radius 2 is 2.04 bits per heavy atom. The Hall–Kier alpha value is -2.50. The number of amides is 1. The molecule has 0 fully saturated rings. The molecule has 0 aliphatic heterocycles. The van der Waals surface area contributed by atoms with Gasteiger partial charge in [-0.1, -0.05) is 48.9 Å². The molecule has 0 aromatic heterocycles. The maximum absolute atomic E-state index is 12.4. The fourth-order valence-electron chi connectivity index (χ4n) is 2.95. The van der Waals surface area contributed by atoms with Crippen molar-refractivity contribution in [2.75, 3.05) is 12.9 Å². The number of nitrogens with one attached hydrogen (secondary N) is 1. The van der Waals surface area contributed by atoms with E-state index >= 15 is 0 Å². The van der Waals surface area contributed by atoms with Crippen LogP contribution in [0.1, 0.15) is 18.1 Å². The molecule has 6 heteroatoms. The summed E-state index contributed by atoms with van der Waals surface area (Å²) in [6.07, 6.45) is 1.84. The van der Waals surface area contributed by atoms with Crippen LogP contribution < -0.4 is 10.2 Å². The first kappa shape index (κ1) is 20.2. The molecule has 3 aromatic rings. The summed E-state index contributed by atoms with van der Waals surface area (Å²) < 4.78 is 5.44. The Morgan fingerprint density at radius 3 is 2.82 bits per heavy atom. The number of halogens is 1. The lowest BCUT2D eigenvalue weighted by atomic mass is 10.0. The predicted octanol–water partition coefficient (Wildman–Crippen LogP) is 5.31. The van der Waals surface area contributed by atoms with E-state index < -0.39 is 0 Å². The minimum absolute atomic E-state index is 0.198. The van der Waals surface area contributed by atoms with E-state index in [4.69, 9.17) is 16.3 Å². The lowest BCUT2D eigenvalue weighted by molar-refractivity contribution is -0.120. The molecule has 0 spiro atoms. The molecule has 3 aromatic carbocycles. The molecule has 0 heterocycles. The Morgan fingerprint density at radius 1 is 1.21 bits per heavy atom. The number of benzene rings is 3. The van der Waals surface area contributed by atoms with Crippen LogP contribution in [0.2, 0.25) is 5.02 Å². The molecular weight excluding hydrogens is 392 g/mol. The number of carbonyl (C=O) groups is 1. The first-order valence-electron chi connectivity index (χ1n) is 8.91. The Kier molecular flexibility index (Phi) is 6.95. The van der Waals surface area contributed by atoms with E-state index in [-0.39, 0.29) is 12.3 Å². The van der Waals surface area contributed by atoms with E-state index in [1.165, 1.54) is 0 Å². The number of fused-ring (bicyclic) bond motifs is 1. The number of thioether (sulfide) groups is 1. The number of hydrogen-bond acceptors (Lipinski definition) is 4. The van der Waals surface area contributed by atoms with Crippen molar-refractivity contribution < 1.29 is 9.53 Å². The second kappa shape index (κ2) is 9.62. The van der Waals surface area contributed by atoms with Gasteiger partial charge in [0.1, 0.15) is 5.75 Å². The van der Waals surface area contributed by atoms with Gasteiger partial charge in [-0.15, -0.1) is 11.8 Å². The standard InChI is InChI=1S/C22H21ClN2O2S/c1-3-28-21-11-9-17(23)12-16(21)13-22(26)25-24-14-19-18-7-5-4-6-15(18)8-10-20(19)27-2/h4-12,14H,3,13H2,1-2H3,(H,25,26)/b24-14-. The fourth-order valence-corrected chi connectivity index (χ4v) is 3.94. The molecule has 1 amide bonds. The smallest absolute Gasteiger partial charge is 0.244 e. The number of nitrogens with zero attached hydrogens (tertiary/aromatic N) is 1. The van der Waals surface area contributed by atoms with Gasteiger partial charge in [0.2, 0.25) is 5.91 Å². The normalized spacial score (nSPS) is 11.1. The molecule has 0 bridgehead atoms. The number of hydrogen-bond donors (Lipinski definition) is 1. The van der Waals surface area contributed by atoms with Gasteiger partial charge >= 0.3 is 0 Å².